The number of nitrogens with zero attached hydrogens (tertiary/aromatic N) is 1. The van der Waals surface area contributed by atoms with E-state index in [2.05, 4.69) is 19.2 Å². The first-order valence-corrected chi connectivity index (χ1v) is 9.96. The summed E-state index contributed by atoms with van der Waals surface area (Å²) in [5.74, 6) is -0.584. The summed E-state index contributed by atoms with van der Waals surface area (Å²) in [5, 5.41) is 2.73. The summed E-state index contributed by atoms with van der Waals surface area (Å²) in [7, 11) is 0. The molecular weight excluding hydrogens is 368 g/mol. The van der Waals surface area contributed by atoms with Crippen molar-refractivity contribution in [3.05, 3.63) is 59.7 Å². The van der Waals surface area contributed by atoms with Crippen LogP contribution in [0.2, 0.25) is 0 Å². The Morgan fingerprint density at radius 1 is 1.14 bits per heavy atom. The summed E-state index contributed by atoms with van der Waals surface area (Å²) in [6.45, 7) is 4.47. The second-order valence-corrected chi connectivity index (χ2v) is 7.22. The van der Waals surface area contributed by atoms with E-state index >= 15 is 0 Å². The number of benzene rings is 2. The van der Waals surface area contributed by atoms with E-state index in [0.29, 0.717) is 30.3 Å². The molecule has 1 fully saturated rings. The number of rotatable bonds is 7. The van der Waals surface area contributed by atoms with Crippen LogP contribution in [-0.4, -0.2) is 30.9 Å². The third-order valence-electron chi connectivity index (χ3n) is 5.20. The first-order chi connectivity index (χ1) is 14.0. The van der Waals surface area contributed by atoms with Crippen LogP contribution >= 0.6 is 0 Å². The van der Waals surface area contributed by atoms with Crippen molar-refractivity contribution in [2.45, 2.75) is 39.0 Å². The van der Waals surface area contributed by atoms with Crippen molar-refractivity contribution < 1.29 is 19.1 Å². The van der Waals surface area contributed by atoms with Crippen molar-refractivity contribution >= 4 is 29.2 Å². The normalized spacial score (nSPS) is 14.6. The largest absolute Gasteiger partial charge is 0.452 e. The van der Waals surface area contributed by atoms with Gasteiger partial charge in [-0.15, -0.1) is 0 Å². The van der Waals surface area contributed by atoms with Gasteiger partial charge in [-0.2, -0.15) is 0 Å². The second-order valence-electron chi connectivity index (χ2n) is 7.22. The highest BCUT2D eigenvalue weighted by molar-refractivity contribution is 6.04. The first kappa shape index (κ1) is 20.6. The quantitative estimate of drug-likeness (QED) is 0.717. The van der Waals surface area contributed by atoms with Gasteiger partial charge in [0, 0.05) is 18.7 Å². The molecule has 1 atom stereocenters. The van der Waals surface area contributed by atoms with Gasteiger partial charge >= 0.3 is 5.97 Å². The predicted octanol–water partition coefficient (Wildman–Crippen LogP) is 4.12. The molecule has 0 aliphatic carbocycles. The number of para-hydroxylation sites is 1. The van der Waals surface area contributed by atoms with Crippen molar-refractivity contribution in [2.24, 2.45) is 0 Å². The zero-order chi connectivity index (χ0) is 20.8. The van der Waals surface area contributed by atoms with Crippen LogP contribution in [0.3, 0.4) is 0 Å². The van der Waals surface area contributed by atoms with Gasteiger partial charge in [-0.1, -0.05) is 38.1 Å². The fourth-order valence-corrected chi connectivity index (χ4v) is 3.32. The predicted molar refractivity (Wildman–Crippen MR) is 112 cm³/mol. The third kappa shape index (κ3) is 5.02. The molecule has 1 saturated heterocycles. The summed E-state index contributed by atoms with van der Waals surface area (Å²) in [6, 6.07) is 14.5. The number of anilines is 2. The minimum absolute atomic E-state index is 0.0103. The zero-order valence-corrected chi connectivity index (χ0v) is 16.8. The maximum atomic E-state index is 12.5. The molecule has 0 bridgehead atoms. The topological polar surface area (TPSA) is 75.7 Å². The summed E-state index contributed by atoms with van der Waals surface area (Å²) in [5.41, 5.74) is 2.68. The highest BCUT2D eigenvalue weighted by atomic mass is 16.5. The number of carbonyl (C=O) groups is 3. The lowest BCUT2D eigenvalue weighted by Crippen LogP contribution is -2.27. The Morgan fingerprint density at radius 3 is 2.52 bits per heavy atom. The summed E-state index contributed by atoms with van der Waals surface area (Å²) < 4.78 is 5.19. The number of carbonyl (C=O) groups excluding carboxylic acids is 3. The third-order valence-corrected chi connectivity index (χ3v) is 5.20. The van der Waals surface area contributed by atoms with Crippen molar-refractivity contribution in [3.8, 4) is 0 Å². The smallest absolute Gasteiger partial charge is 0.340 e. The average molecular weight is 394 g/mol. The van der Waals surface area contributed by atoms with E-state index in [0.717, 1.165) is 12.8 Å². The molecule has 0 unspecified atom stereocenters. The van der Waals surface area contributed by atoms with Gasteiger partial charge in [0.25, 0.3) is 5.91 Å². The molecule has 6 nitrogen and oxygen atoms in total. The Labute approximate surface area is 170 Å². The van der Waals surface area contributed by atoms with Crippen LogP contribution in [0.25, 0.3) is 0 Å². The molecule has 152 valence electrons. The molecule has 1 N–H and O–H groups in total. The van der Waals surface area contributed by atoms with Gasteiger partial charge in [0.15, 0.2) is 6.61 Å². The lowest BCUT2D eigenvalue weighted by atomic mass is 9.99. The number of hydrogen-bond acceptors (Lipinski definition) is 4. The van der Waals surface area contributed by atoms with Gasteiger partial charge in [0.2, 0.25) is 5.91 Å². The molecule has 0 aromatic heterocycles. The van der Waals surface area contributed by atoms with E-state index < -0.39 is 18.5 Å². The van der Waals surface area contributed by atoms with Gasteiger partial charge in [-0.05, 0) is 48.6 Å². The highest BCUT2D eigenvalue weighted by Gasteiger charge is 2.26. The Kier molecular flexibility index (Phi) is 6.65. The Morgan fingerprint density at radius 2 is 1.86 bits per heavy atom. The van der Waals surface area contributed by atoms with Crippen LogP contribution in [0.4, 0.5) is 11.4 Å². The van der Waals surface area contributed by atoms with Gasteiger partial charge in [0.1, 0.15) is 0 Å². The van der Waals surface area contributed by atoms with E-state index in [4.69, 9.17) is 4.74 Å². The minimum atomic E-state index is -0.623. The first-order valence-electron chi connectivity index (χ1n) is 9.96. The molecule has 1 aliphatic rings. The Hall–Kier alpha value is -3.15. The number of nitrogens with one attached hydrogen (secondary N) is 1. The molecule has 2 aromatic carbocycles. The average Bonchev–Trinajstić information content (AvgIpc) is 3.17. The molecule has 0 radical (unpaired) electrons. The van der Waals surface area contributed by atoms with Crippen LogP contribution < -0.4 is 10.2 Å². The van der Waals surface area contributed by atoms with E-state index in [9.17, 15) is 14.4 Å². The zero-order valence-electron chi connectivity index (χ0n) is 16.8. The molecule has 3 rings (SSSR count). The molecular formula is C23H26N2O4. The minimum Gasteiger partial charge on any atom is -0.452 e. The molecule has 0 saturated carbocycles. The monoisotopic (exact) mass is 394 g/mol. The second kappa shape index (κ2) is 9.37. The van der Waals surface area contributed by atoms with Crippen LogP contribution in [0.1, 0.15) is 54.9 Å². The summed E-state index contributed by atoms with van der Waals surface area (Å²) >= 11 is 0. The number of amides is 2. The maximum Gasteiger partial charge on any atom is 0.340 e. The molecule has 0 spiro atoms. The van der Waals surface area contributed by atoms with Gasteiger partial charge in [-0.25, -0.2) is 4.79 Å². The Balaban J connectivity index is 1.58. The van der Waals surface area contributed by atoms with E-state index in [1.807, 2.05) is 24.3 Å². The van der Waals surface area contributed by atoms with Crippen LogP contribution in [-0.2, 0) is 14.3 Å². The van der Waals surface area contributed by atoms with E-state index in [1.165, 1.54) is 5.56 Å². The van der Waals surface area contributed by atoms with Gasteiger partial charge < -0.3 is 15.0 Å². The summed E-state index contributed by atoms with van der Waals surface area (Å²) in [4.78, 5) is 38.3. The van der Waals surface area contributed by atoms with Crippen LogP contribution in [0, 0.1) is 0 Å². The number of esters is 1. The van der Waals surface area contributed by atoms with Crippen LogP contribution in [0.15, 0.2) is 48.5 Å². The maximum absolute atomic E-state index is 12.5. The van der Waals surface area contributed by atoms with Gasteiger partial charge in [-0.3, -0.25) is 9.59 Å². The van der Waals surface area contributed by atoms with Gasteiger partial charge in [0.05, 0.1) is 11.3 Å². The molecule has 1 heterocycles. The SMILES string of the molecule is CC[C@H](C)c1ccc(NC(=O)COC(=O)c2ccccc2N2CCCC2=O)cc1. The molecule has 29 heavy (non-hydrogen) atoms. The summed E-state index contributed by atoms with van der Waals surface area (Å²) in [6.07, 6.45) is 2.29. The standard InChI is InChI=1S/C23H26N2O4/c1-3-16(2)17-10-12-18(13-11-17)24-21(26)15-29-23(28)19-7-4-5-8-20(19)25-14-6-9-22(25)27/h4-5,7-8,10-13,16H,3,6,9,14-15H2,1-2H3,(H,24,26)/t16-/m0/s1. The van der Waals surface area contributed by atoms with E-state index in [1.54, 1.807) is 29.2 Å². The molecule has 2 aromatic rings. The molecule has 1 aliphatic heterocycles. The van der Waals surface area contributed by atoms with Crippen molar-refractivity contribution in [1.29, 1.82) is 0 Å². The molecule has 6 heteroatoms. The Bertz CT molecular complexity index is 892. The van der Waals surface area contributed by atoms with Crippen molar-refractivity contribution in [1.82, 2.24) is 0 Å². The van der Waals surface area contributed by atoms with Crippen LogP contribution in [0.5, 0.6) is 0 Å². The fraction of sp³-hybridized carbons (Fsp3) is 0.348. The number of hydrogen-bond donors (Lipinski definition) is 1. The number of ether oxygens (including phenoxy) is 1. The van der Waals surface area contributed by atoms with E-state index in [-0.39, 0.29) is 11.5 Å². The van der Waals surface area contributed by atoms with Crippen molar-refractivity contribution in [3.63, 3.8) is 0 Å². The fourth-order valence-electron chi connectivity index (χ4n) is 3.32. The van der Waals surface area contributed by atoms with Crippen molar-refractivity contribution in [2.75, 3.05) is 23.4 Å². The lowest BCUT2D eigenvalue weighted by molar-refractivity contribution is -0.119. The molecule has 2 amide bonds. The lowest BCUT2D eigenvalue weighted by Gasteiger charge is -2.18. The highest BCUT2D eigenvalue weighted by Crippen LogP contribution is 2.26.